The van der Waals surface area contributed by atoms with Gasteiger partial charge in [-0.3, -0.25) is 9.48 Å². The first-order valence-electron chi connectivity index (χ1n) is 7.19. The van der Waals surface area contributed by atoms with Gasteiger partial charge in [0.1, 0.15) is 5.54 Å². The van der Waals surface area contributed by atoms with Gasteiger partial charge in [-0.05, 0) is 52.6 Å². The third-order valence-electron chi connectivity index (χ3n) is 4.12. The molecule has 5 nitrogen and oxygen atoms in total. The second kappa shape index (κ2) is 6.88. The van der Waals surface area contributed by atoms with Crippen LogP contribution in [0.2, 0.25) is 0 Å². The Hall–Kier alpha value is -1.36. The summed E-state index contributed by atoms with van der Waals surface area (Å²) in [6.45, 7) is 9.00. The van der Waals surface area contributed by atoms with Gasteiger partial charge in [0.2, 0.25) is 0 Å². The summed E-state index contributed by atoms with van der Waals surface area (Å²) in [6.07, 6.45) is 2.60. The van der Waals surface area contributed by atoms with Crippen molar-refractivity contribution in [1.29, 1.82) is 0 Å². The number of ether oxygens (including phenoxy) is 1. The van der Waals surface area contributed by atoms with Crippen molar-refractivity contribution in [1.82, 2.24) is 15.1 Å². The molecule has 1 aromatic rings. The molecule has 1 unspecified atom stereocenters. The van der Waals surface area contributed by atoms with Crippen LogP contribution in [-0.2, 0) is 22.5 Å². The molecule has 0 amide bonds. The van der Waals surface area contributed by atoms with Gasteiger partial charge >= 0.3 is 5.97 Å². The Balaban J connectivity index is 2.67. The van der Waals surface area contributed by atoms with Gasteiger partial charge in [-0.1, -0.05) is 6.92 Å². The number of hydrogen-bond acceptors (Lipinski definition) is 4. The average Bonchev–Trinajstić information content (AvgIpc) is 2.71. The van der Waals surface area contributed by atoms with Gasteiger partial charge in [0, 0.05) is 12.2 Å². The van der Waals surface area contributed by atoms with Crippen LogP contribution in [0, 0.1) is 13.8 Å². The van der Waals surface area contributed by atoms with Gasteiger partial charge in [0.05, 0.1) is 12.8 Å². The SMILES string of the molecule is CCc1c(C)nn(CCCC(C)(NC)C(=O)OC)c1C. The van der Waals surface area contributed by atoms with Crippen molar-refractivity contribution in [3.63, 3.8) is 0 Å². The minimum absolute atomic E-state index is 0.220. The van der Waals surface area contributed by atoms with Gasteiger partial charge in [-0.2, -0.15) is 5.10 Å². The number of hydrogen-bond donors (Lipinski definition) is 1. The molecule has 1 atom stereocenters. The fourth-order valence-electron chi connectivity index (χ4n) is 2.60. The van der Waals surface area contributed by atoms with E-state index in [0.717, 1.165) is 31.5 Å². The number of aryl methyl sites for hydroxylation is 2. The number of rotatable bonds is 7. The van der Waals surface area contributed by atoms with Crippen LogP contribution in [-0.4, -0.2) is 35.4 Å². The molecule has 0 fully saturated rings. The van der Waals surface area contributed by atoms with Crippen LogP contribution in [0.4, 0.5) is 0 Å². The maximum Gasteiger partial charge on any atom is 0.325 e. The lowest BCUT2D eigenvalue weighted by atomic mass is 9.96. The van der Waals surface area contributed by atoms with Crippen molar-refractivity contribution in [3.05, 3.63) is 17.0 Å². The Morgan fingerprint density at radius 2 is 2.10 bits per heavy atom. The zero-order valence-electron chi connectivity index (χ0n) is 13.5. The topological polar surface area (TPSA) is 56.2 Å². The van der Waals surface area contributed by atoms with Gasteiger partial charge in [0.15, 0.2) is 0 Å². The summed E-state index contributed by atoms with van der Waals surface area (Å²) in [6, 6.07) is 0. The molecule has 0 aliphatic carbocycles. The van der Waals surface area contributed by atoms with Crippen molar-refractivity contribution in [2.75, 3.05) is 14.2 Å². The molecular formula is C15H27N3O2. The molecule has 0 aromatic carbocycles. The van der Waals surface area contributed by atoms with Crippen LogP contribution < -0.4 is 5.32 Å². The molecule has 0 aliphatic rings. The predicted octanol–water partition coefficient (Wildman–Crippen LogP) is 1.99. The number of nitrogens with one attached hydrogen (secondary N) is 1. The fraction of sp³-hybridized carbons (Fsp3) is 0.733. The molecule has 1 rings (SSSR count). The highest BCUT2D eigenvalue weighted by Crippen LogP contribution is 2.17. The quantitative estimate of drug-likeness (QED) is 0.777. The molecule has 20 heavy (non-hydrogen) atoms. The monoisotopic (exact) mass is 281 g/mol. The number of nitrogens with zero attached hydrogens (tertiary/aromatic N) is 2. The van der Waals surface area contributed by atoms with Crippen LogP contribution in [0.25, 0.3) is 0 Å². The van der Waals surface area contributed by atoms with E-state index in [0.29, 0.717) is 0 Å². The molecule has 0 radical (unpaired) electrons. The van der Waals surface area contributed by atoms with E-state index >= 15 is 0 Å². The standard InChI is InChI=1S/C15H27N3O2/c1-7-13-11(2)17-18(12(13)3)10-8-9-15(4,16-5)14(19)20-6/h16H,7-10H2,1-6H3. The lowest BCUT2D eigenvalue weighted by molar-refractivity contribution is -0.148. The lowest BCUT2D eigenvalue weighted by Crippen LogP contribution is -2.48. The third-order valence-corrected chi connectivity index (χ3v) is 4.12. The summed E-state index contributed by atoms with van der Waals surface area (Å²) in [4.78, 5) is 11.8. The molecule has 1 heterocycles. The first-order valence-corrected chi connectivity index (χ1v) is 7.19. The van der Waals surface area contributed by atoms with E-state index in [1.54, 1.807) is 7.05 Å². The van der Waals surface area contributed by atoms with Crippen LogP contribution in [0.3, 0.4) is 0 Å². The zero-order valence-corrected chi connectivity index (χ0v) is 13.5. The maximum absolute atomic E-state index is 11.8. The molecule has 0 spiro atoms. The van der Waals surface area contributed by atoms with E-state index in [4.69, 9.17) is 4.74 Å². The summed E-state index contributed by atoms with van der Waals surface area (Å²) in [5, 5.41) is 7.63. The normalized spacial score (nSPS) is 14.1. The molecule has 0 saturated heterocycles. The molecule has 5 heteroatoms. The average molecular weight is 281 g/mol. The van der Waals surface area contributed by atoms with Crippen molar-refractivity contribution in [3.8, 4) is 0 Å². The van der Waals surface area contributed by atoms with Crippen LogP contribution in [0.1, 0.15) is 43.6 Å². The Morgan fingerprint density at radius 3 is 2.55 bits per heavy atom. The lowest BCUT2D eigenvalue weighted by Gasteiger charge is -2.26. The zero-order chi connectivity index (χ0) is 15.3. The van der Waals surface area contributed by atoms with E-state index < -0.39 is 5.54 Å². The Morgan fingerprint density at radius 1 is 1.45 bits per heavy atom. The predicted molar refractivity (Wildman–Crippen MR) is 79.8 cm³/mol. The van der Waals surface area contributed by atoms with Crippen molar-refractivity contribution in [2.24, 2.45) is 0 Å². The Labute approximate surface area is 121 Å². The summed E-state index contributed by atoms with van der Waals surface area (Å²) >= 11 is 0. The van der Waals surface area contributed by atoms with Gasteiger partial charge in [-0.25, -0.2) is 0 Å². The number of carbonyl (C=O) groups excluding carboxylic acids is 1. The fourth-order valence-corrected chi connectivity index (χ4v) is 2.60. The first kappa shape index (κ1) is 16.7. The van der Waals surface area contributed by atoms with Gasteiger partial charge in [-0.15, -0.1) is 0 Å². The molecule has 0 aliphatic heterocycles. The third kappa shape index (κ3) is 3.39. The smallest absolute Gasteiger partial charge is 0.325 e. The van der Waals surface area contributed by atoms with E-state index in [1.165, 1.54) is 18.4 Å². The highest BCUT2D eigenvalue weighted by molar-refractivity contribution is 5.80. The molecular weight excluding hydrogens is 254 g/mol. The molecule has 0 saturated carbocycles. The highest BCUT2D eigenvalue weighted by atomic mass is 16.5. The van der Waals surface area contributed by atoms with E-state index in [1.807, 2.05) is 11.6 Å². The van der Waals surface area contributed by atoms with E-state index in [-0.39, 0.29) is 5.97 Å². The molecule has 114 valence electrons. The second-order valence-corrected chi connectivity index (χ2v) is 5.40. The minimum Gasteiger partial charge on any atom is -0.468 e. The van der Waals surface area contributed by atoms with Crippen LogP contribution >= 0.6 is 0 Å². The van der Waals surface area contributed by atoms with Crippen molar-refractivity contribution < 1.29 is 9.53 Å². The van der Waals surface area contributed by atoms with Gasteiger partial charge < -0.3 is 10.1 Å². The number of aromatic nitrogens is 2. The Bertz CT molecular complexity index is 468. The minimum atomic E-state index is -0.627. The summed E-state index contributed by atoms with van der Waals surface area (Å²) in [5.74, 6) is -0.220. The number of likely N-dealkylation sites (N-methyl/N-ethyl adjacent to an activating group) is 1. The maximum atomic E-state index is 11.8. The number of methoxy groups -OCH3 is 1. The molecule has 1 aromatic heterocycles. The highest BCUT2D eigenvalue weighted by Gasteiger charge is 2.31. The summed E-state index contributed by atoms with van der Waals surface area (Å²) in [7, 11) is 3.21. The summed E-state index contributed by atoms with van der Waals surface area (Å²) < 4.78 is 6.89. The Kier molecular flexibility index (Phi) is 5.74. The van der Waals surface area contributed by atoms with E-state index in [9.17, 15) is 4.79 Å². The van der Waals surface area contributed by atoms with Crippen LogP contribution in [0.5, 0.6) is 0 Å². The first-order chi connectivity index (χ1) is 9.39. The second-order valence-electron chi connectivity index (χ2n) is 5.40. The largest absolute Gasteiger partial charge is 0.468 e. The van der Waals surface area contributed by atoms with E-state index in [2.05, 4.69) is 31.2 Å². The molecule has 1 N–H and O–H groups in total. The molecule has 0 bridgehead atoms. The number of carbonyl (C=O) groups is 1. The van der Waals surface area contributed by atoms with Crippen LogP contribution in [0.15, 0.2) is 0 Å². The van der Waals surface area contributed by atoms with Crippen molar-refractivity contribution in [2.45, 2.75) is 59.0 Å². The number of esters is 1. The van der Waals surface area contributed by atoms with Crippen molar-refractivity contribution >= 4 is 5.97 Å². The summed E-state index contributed by atoms with van der Waals surface area (Å²) in [5.41, 5.74) is 3.04. The van der Waals surface area contributed by atoms with Gasteiger partial charge in [0.25, 0.3) is 0 Å².